The first kappa shape index (κ1) is 12.6. The maximum absolute atomic E-state index is 5.44. The standard InChI is InChI=1S/C17H19N3O/c1-21-20-11-18-16-15(12-7-3-2-4-8-12)19-14-10-6-5-9-13(14)17(16)20/h5-6,9-12H,2-4,7-8H2,1H3. The lowest BCUT2D eigenvalue weighted by atomic mass is 9.86. The molecule has 0 saturated heterocycles. The van der Waals surface area contributed by atoms with Crippen LogP contribution in [-0.4, -0.2) is 21.8 Å². The molecule has 0 atom stereocenters. The third-order valence-corrected chi connectivity index (χ3v) is 4.57. The summed E-state index contributed by atoms with van der Waals surface area (Å²) in [4.78, 5) is 15.0. The second-order valence-electron chi connectivity index (χ2n) is 5.80. The van der Waals surface area contributed by atoms with Gasteiger partial charge >= 0.3 is 0 Å². The molecular weight excluding hydrogens is 262 g/mol. The van der Waals surface area contributed by atoms with Crippen LogP contribution in [0, 0.1) is 0 Å². The van der Waals surface area contributed by atoms with E-state index < -0.39 is 0 Å². The van der Waals surface area contributed by atoms with Crippen molar-refractivity contribution >= 4 is 21.9 Å². The molecule has 1 aliphatic rings. The van der Waals surface area contributed by atoms with Gasteiger partial charge in [-0.1, -0.05) is 37.5 Å². The molecule has 1 fully saturated rings. The highest BCUT2D eigenvalue weighted by Crippen LogP contribution is 2.36. The summed E-state index contributed by atoms with van der Waals surface area (Å²) in [5, 5.41) is 1.10. The van der Waals surface area contributed by atoms with Crippen molar-refractivity contribution in [3.63, 3.8) is 0 Å². The van der Waals surface area contributed by atoms with E-state index in [0.29, 0.717) is 5.92 Å². The Hall–Kier alpha value is -2.10. The monoisotopic (exact) mass is 281 g/mol. The van der Waals surface area contributed by atoms with Crippen LogP contribution in [0.2, 0.25) is 0 Å². The second kappa shape index (κ2) is 5.02. The molecule has 4 nitrogen and oxygen atoms in total. The molecule has 0 bridgehead atoms. The highest BCUT2D eigenvalue weighted by Gasteiger charge is 2.23. The van der Waals surface area contributed by atoms with Gasteiger partial charge < -0.3 is 4.84 Å². The predicted octanol–water partition coefficient (Wildman–Crippen LogP) is 3.69. The zero-order chi connectivity index (χ0) is 14.2. The van der Waals surface area contributed by atoms with Crippen molar-refractivity contribution in [1.82, 2.24) is 14.7 Å². The summed E-state index contributed by atoms with van der Waals surface area (Å²) in [6, 6.07) is 8.25. The Morgan fingerprint density at radius 2 is 1.95 bits per heavy atom. The number of benzene rings is 1. The second-order valence-corrected chi connectivity index (χ2v) is 5.80. The normalized spacial score (nSPS) is 16.6. The Morgan fingerprint density at radius 1 is 1.14 bits per heavy atom. The van der Waals surface area contributed by atoms with Crippen molar-refractivity contribution in [2.24, 2.45) is 0 Å². The predicted molar refractivity (Wildman–Crippen MR) is 83.4 cm³/mol. The van der Waals surface area contributed by atoms with Crippen LogP contribution in [0.3, 0.4) is 0 Å². The number of hydrogen-bond donors (Lipinski definition) is 0. The van der Waals surface area contributed by atoms with Crippen molar-refractivity contribution in [2.75, 3.05) is 7.11 Å². The third kappa shape index (κ3) is 1.97. The van der Waals surface area contributed by atoms with Gasteiger partial charge in [-0.2, -0.15) is 4.73 Å². The molecular formula is C17H19N3O. The van der Waals surface area contributed by atoms with Gasteiger partial charge in [-0.05, 0) is 18.9 Å². The summed E-state index contributed by atoms with van der Waals surface area (Å²) in [5.41, 5.74) is 4.23. The summed E-state index contributed by atoms with van der Waals surface area (Å²) in [6.45, 7) is 0. The molecule has 2 aromatic heterocycles. The van der Waals surface area contributed by atoms with Crippen LogP contribution in [0.25, 0.3) is 21.9 Å². The number of hydrogen-bond acceptors (Lipinski definition) is 3. The van der Waals surface area contributed by atoms with Crippen LogP contribution in [-0.2, 0) is 0 Å². The smallest absolute Gasteiger partial charge is 0.133 e. The first-order valence-corrected chi connectivity index (χ1v) is 7.68. The van der Waals surface area contributed by atoms with Gasteiger partial charge in [0.25, 0.3) is 0 Å². The topological polar surface area (TPSA) is 39.9 Å². The molecule has 0 aliphatic heterocycles. The van der Waals surface area contributed by atoms with Crippen LogP contribution >= 0.6 is 0 Å². The molecule has 0 N–H and O–H groups in total. The number of pyridine rings is 1. The summed E-state index contributed by atoms with van der Waals surface area (Å²) < 4.78 is 1.76. The molecule has 4 rings (SSSR count). The van der Waals surface area contributed by atoms with E-state index >= 15 is 0 Å². The molecule has 0 unspecified atom stereocenters. The van der Waals surface area contributed by atoms with Gasteiger partial charge in [0.05, 0.1) is 11.2 Å². The fourth-order valence-electron chi connectivity index (χ4n) is 3.52. The largest absolute Gasteiger partial charge is 0.416 e. The minimum atomic E-state index is 0.533. The van der Waals surface area contributed by atoms with Crippen LogP contribution in [0.15, 0.2) is 30.6 Å². The molecule has 1 aliphatic carbocycles. The summed E-state index contributed by atoms with van der Waals surface area (Å²) in [7, 11) is 1.68. The van der Waals surface area contributed by atoms with E-state index in [-0.39, 0.29) is 0 Å². The number of imidazole rings is 1. The maximum atomic E-state index is 5.44. The fraction of sp³-hybridized carbons (Fsp3) is 0.412. The highest BCUT2D eigenvalue weighted by atomic mass is 16.6. The average Bonchev–Trinajstić information content (AvgIpc) is 2.99. The van der Waals surface area contributed by atoms with Gasteiger partial charge in [0.15, 0.2) is 0 Å². The Labute approximate surface area is 123 Å². The van der Waals surface area contributed by atoms with Gasteiger partial charge in [-0.25, -0.2) is 4.98 Å². The van der Waals surface area contributed by atoms with E-state index in [1.807, 2.05) is 12.1 Å². The lowest BCUT2D eigenvalue weighted by Gasteiger charge is -2.21. The molecule has 0 spiro atoms. The van der Waals surface area contributed by atoms with Crippen molar-refractivity contribution < 1.29 is 4.84 Å². The molecule has 2 heterocycles. The number of aromatic nitrogens is 3. The Morgan fingerprint density at radius 3 is 2.76 bits per heavy atom. The minimum Gasteiger partial charge on any atom is -0.416 e. The first-order chi connectivity index (χ1) is 10.4. The average molecular weight is 281 g/mol. The molecule has 1 aromatic carbocycles. The number of fused-ring (bicyclic) bond motifs is 3. The lowest BCUT2D eigenvalue weighted by molar-refractivity contribution is 0.178. The summed E-state index contributed by atoms with van der Waals surface area (Å²) >= 11 is 0. The zero-order valence-corrected chi connectivity index (χ0v) is 12.2. The van der Waals surface area contributed by atoms with Crippen molar-refractivity contribution in [2.45, 2.75) is 38.0 Å². The minimum absolute atomic E-state index is 0.533. The maximum Gasteiger partial charge on any atom is 0.133 e. The van der Waals surface area contributed by atoms with Crippen LogP contribution in [0.5, 0.6) is 0 Å². The quantitative estimate of drug-likeness (QED) is 0.719. The lowest BCUT2D eigenvalue weighted by Crippen LogP contribution is -2.09. The Balaban J connectivity index is 2.02. The number of nitrogens with zero attached hydrogens (tertiary/aromatic N) is 3. The molecule has 0 radical (unpaired) electrons. The van der Waals surface area contributed by atoms with Crippen molar-refractivity contribution in [3.05, 3.63) is 36.3 Å². The SMILES string of the molecule is COn1cnc2c(C3CCCCC3)nc3ccccc3c21. The third-order valence-electron chi connectivity index (χ3n) is 4.57. The van der Waals surface area contributed by atoms with Crippen LogP contribution in [0.1, 0.15) is 43.7 Å². The van der Waals surface area contributed by atoms with E-state index in [0.717, 1.165) is 27.6 Å². The van der Waals surface area contributed by atoms with E-state index in [1.165, 1.54) is 32.1 Å². The van der Waals surface area contributed by atoms with Crippen LogP contribution in [0.4, 0.5) is 0 Å². The number of para-hydroxylation sites is 1. The molecule has 4 heteroatoms. The van der Waals surface area contributed by atoms with Crippen molar-refractivity contribution in [3.8, 4) is 0 Å². The highest BCUT2D eigenvalue weighted by molar-refractivity contribution is 6.03. The van der Waals surface area contributed by atoms with Crippen LogP contribution < -0.4 is 4.84 Å². The fourth-order valence-corrected chi connectivity index (χ4v) is 3.52. The van der Waals surface area contributed by atoms with Crippen molar-refractivity contribution in [1.29, 1.82) is 0 Å². The Kier molecular flexibility index (Phi) is 3.02. The molecule has 0 amide bonds. The van der Waals surface area contributed by atoms with Gasteiger partial charge in [-0.15, -0.1) is 0 Å². The zero-order valence-electron chi connectivity index (χ0n) is 12.2. The summed E-state index contributed by atoms with van der Waals surface area (Å²) in [5.74, 6) is 0.533. The summed E-state index contributed by atoms with van der Waals surface area (Å²) in [6.07, 6.45) is 8.14. The van der Waals surface area contributed by atoms with Gasteiger partial charge in [0.2, 0.25) is 0 Å². The molecule has 1 saturated carbocycles. The Bertz CT molecular complexity index is 787. The number of rotatable bonds is 2. The first-order valence-electron chi connectivity index (χ1n) is 7.68. The molecule has 21 heavy (non-hydrogen) atoms. The van der Waals surface area contributed by atoms with Gasteiger partial charge in [0.1, 0.15) is 24.5 Å². The van der Waals surface area contributed by atoms with E-state index in [2.05, 4.69) is 17.1 Å². The molecule has 108 valence electrons. The van der Waals surface area contributed by atoms with E-state index in [9.17, 15) is 0 Å². The van der Waals surface area contributed by atoms with Gasteiger partial charge in [0, 0.05) is 11.3 Å². The van der Waals surface area contributed by atoms with Gasteiger partial charge in [-0.3, -0.25) is 4.98 Å². The van der Waals surface area contributed by atoms with E-state index in [1.54, 1.807) is 18.2 Å². The molecule has 3 aromatic rings. The van der Waals surface area contributed by atoms with E-state index in [4.69, 9.17) is 9.82 Å².